The lowest BCUT2D eigenvalue weighted by atomic mass is 10.1. The van der Waals surface area contributed by atoms with Crippen molar-refractivity contribution in [3.05, 3.63) is 65.5 Å². The van der Waals surface area contributed by atoms with E-state index in [1.807, 2.05) is 55.5 Å². The molecule has 1 N–H and O–H groups in total. The molecule has 3 rings (SSSR count). The minimum Gasteiger partial charge on any atom is -0.435 e. The van der Waals surface area contributed by atoms with Crippen LogP contribution in [0.25, 0.3) is 11.1 Å². The molecule has 100 valence electrons. The molecule has 0 bridgehead atoms. The third-order valence-electron chi connectivity index (χ3n) is 3.13. The van der Waals surface area contributed by atoms with Gasteiger partial charge in [0.1, 0.15) is 11.2 Å². The van der Waals surface area contributed by atoms with E-state index in [-0.39, 0.29) is 0 Å². The lowest BCUT2D eigenvalue weighted by Crippen LogP contribution is -2.05. The molecular formula is C16H14N2O2. The van der Waals surface area contributed by atoms with Crippen molar-refractivity contribution in [1.82, 2.24) is 4.98 Å². The van der Waals surface area contributed by atoms with Crippen molar-refractivity contribution in [2.75, 3.05) is 0 Å². The van der Waals surface area contributed by atoms with Gasteiger partial charge in [-0.3, -0.25) is 0 Å². The van der Waals surface area contributed by atoms with Crippen LogP contribution in [-0.4, -0.2) is 15.9 Å². The van der Waals surface area contributed by atoms with Gasteiger partial charge in [0.2, 0.25) is 5.89 Å². The Bertz CT molecular complexity index is 761. The zero-order valence-electron chi connectivity index (χ0n) is 11.1. The van der Waals surface area contributed by atoms with Gasteiger partial charge in [0, 0.05) is 6.42 Å². The summed E-state index contributed by atoms with van der Waals surface area (Å²) in [6.45, 7) is 1.99. The van der Waals surface area contributed by atoms with Gasteiger partial charge < -0.3 is 9.62 Å². The van der Waals surface area contributed by atoms with Gasteiger partial charge in [-0.15, -0.1) is 0 Å². The second kappa shape index (κ2) is 5.17. The fourth-order valence-electron chi connectivity index (χ4n) is 2.10. The number of fused-ring (bicyclic) bond motifs is 1. The number of aromatic nitrogens is 1. The fourth-order valence-corrected chi connectivity index (χ4v) is 2.10. The van der Waals surface area contributed by atoms with Crippen LogP contribution in [0.1, 0.15) is 17.0 Å². The normalized spacial score (nSPS) is 11.9. The summed E-state index contributed by atoms with van der Waals surface area (Å²) in [4.78, 5) is 4.36. The van der Waals surface area contributed by atoms with Crippen LogP contribution in [0.3, 0.4) is 0 Å². The summed E-state index contributed by atoms with van der Waals surface area (Å²) in [6, 6.07) is 15.6. The third-order valence-corrected chi connectivity index (χ3v) is 3.13. The van der Waals surface area contributed by atoms with Crippen LogP contribution in [0.5, 0.6) is 0 Å². The number of hydrogen-bond acceptors (Lipinski definition) is 4. The van der Waals surface area contributed by atoms with Gasteiger partial charge in [-0.25, -0.2) is 4.98 Å². The van der Waals surface area contributed by atoms with E-state index >= 15 is 0 Å². The highest BCUT2D eigenvalue weighted by Gasteiger charge is 2.13. The molecule has 1 aromatic heterocycles. The molecule has 0 unspecified atom stereocenters. The summed E-state index contributed by atoms with van der Waals surface area (Å²) in [5.74, 6) is 0.358. The minimum atomic E-state index is 0.358. The first-order chi connectivity index (χ1) is 9.76. The Hall–Kier alpha value is -2.62. The molecule has 0 aliphatic heterocycles. The van der Waals surface area contributed by atoms with E-state index in [4.69, 9.17) is 4.42 Å². The number of hydrogen-bond donors (Lipinski definition) is 1. The van der Waals surface area contributed by atoms with Crippen molar-refractivity contribution >= 4 is 16.8 Å². The molecular weight excluding hydrogens is 252 g/mol. The maximum atomic E-state index is 9.21. The van der Waals surface area contributed by atoms with Gasteiger partial charge in [0.25, 0.3) is 0 Å². The van der Waals surface area contributed by atoms with E-state index in [1.54, 1.807) is 0 Å². The molecule has 4 nitrogen and oxygen atoms in total. The highest BCUT2D eigenvalue weighted by atomic mass is 16.4. The second-order valence-electron chi connectivity index (χ2n) is 4.70. The van der Waals surface area contributed by atoms with Crippen molar-refractivity contribution < 1.29 is 9.62 Å². The summed E-state index contributed by atoms with van der Waals surface area (Å²) in [5, 5.41) is 12.5. The number of aryl methyl sites for hydroxylation is 1. The quantitative estimate of drug-likeness (QED) is 0.448. The SMILES string of the molecule is Cc1ccc2nc(/C(Cc3ccccc3)=N/O)oc2c1. The fraction of sp³-hybridized carbons (Fsp3) is 0.125. The van der Waals surface area contributed by atoms with Crippen molar-refractivity contribution in [3.63, 3.8) is 0 Å². The van der Waals surface area contributed by atoms with E-state index < -0.39 is 0 Å². The molecule has 4 heteroatoms. The van der Waals surface area contributed by atoms with Gasteiger partial charge in [0.05, 0.1) is 0 Å². The maximum absolute atomic E-state index is 9.21. The van der Waals surface area contributed by atoms with E-state index in [0.29, 0.717) is 23.6 Å². The van der Waals surface area contributed by atoms with E-state index in [1.165, 1.54) is 0 Å². The summed E-state index contributed by atoms with van der Waals surface area (Å²) >= 11 is 0. The van der Waals surface area contributed by atoms with Gasteiger partial charge in [-0.1, -0.05) is 41.6 Å². The molecule has 1 heterocycles. The molecule has 0 aliphatic carbocycles. The Labute approximate surface area is 116 Å². The topological polar surface area (TPSA) is 58.6 Å². The van der Waals surface area contributed by atoms with Crippen molar-refractivity contribution in [1.29, 1.82) is 0 Å². The third kappa shape index (κ3) is 2.40. The van der Waals surface area contributed by atoms with Crippen LogP contribution in [0.15, 0.2) is 58.1 Å². The van der Waals surface area contributed by atoms with Crippen LogP contribution in [0, 0.1) is 6.92 Å². The molecule has 0 radical (unpaired) electrons. The smallest absolute Gasteiger partial charge is 0.245 e. The van der Waals surface area contributed by atoms with Gasteiger partial charge in [-0.2, -0.15) is 0 Å². The van der Waals surface area contributed by atoms with E-state index in [2.05, 4.69) is 10.1 Å². The highest BCUT2D eigenvalue weighted by molar-refractivity contribution is 5.99. The first kappa shape index (κ1) is 12.4. The van der Waals surface area contributed by atoms with Gasteiger partial charge in [0.15, 0.2) is 5.58 Å². The molecule has 20 heavy (non-hydrogen) atoms. The Morgan fingerprint density at radius 3 is 2.75 bits per heavy atom. The number of oxime groups is 1. The van der Waals surface area contributed by atoms with Crippen LogP contribution >= 0.6 is 0 Å². The standard InChI is InChI=1S/C16H14N2O2/c1-11-7-8-13-15(9-11)20-16(17-13)14(18-19)10-12-5-3-2-4-6-12/h2-9,19H,10H2,1H3/b18-14+. The monoisotopic (exact) mass is 266 g/mol. The molecule has 0 fully saturated rings. The summed E-state index contributed by atoms with van der Waals surface area (Å²) in [5.41, 5.74) is 4.03. The van der Waals surface area contributed by atoms with E-state index in [0.717, 1.165) is 16.6 Å². The van der Waals surface area contributed by atoms with Gasteiger partial charge in [-0.05, 0) is 30.2 Å². The number of rotatable bonds is 3. The lowest BCUT2D eigenvalue weighted by molar-refractivity contribution is 0.317. The Kier molecular flexibility index (Phi) is 3.21. The van der Waals surface area contributed by atoms with Crippen LogP contribution < -0.4 is 0 Å². The maximum Gasteiger partial charge on any atom is 0.245 e. The molecule has 0 aliphatic rings. The molecule has 3 aromatic rings. The minimum absolute atomic E-state index is 0.358. The largest absolute Gasteiger partial charge is 0.435 e. The second-order valence-corrected chi connectivity index (χ2v) is 4.70. The molecule has 0 saturated heterocycles. The van der Waals surface area contributed by atoms with E-state index in [9.17, 15) is 5.21 Å². The van der Waals surface area contributed by atoms with Crippen molar-refractivity contribution in [2.45, 2.75) is 13.3 Å². The predicted octanol–water partition coefficient (Wildman–Crippen LogP) is 3.56. The first-order valence-electron chi connectivity index (χ1n) is 6.38. The Balaban J connectivity index is 1.95. The molecule has 0 saturated carbocycles. The number of benzene rings is 2. The van der Waals surface area contributed by atoms with Crippen LogP contribution in [0.4, 0.5) is 0 Å². The summed E-state index contributed by atoms with van der Waals surface area (Å²) in [7, 11) is 0. The highest BCUT2D eigenvalue weighted by Crippen LogP contribution is 2.18. The average molecular weight is 266 g/mol. The molecule has 0 atom stereocenters. The van der Waals surface area contributed by atoms with Crippen LogP contribution in [0.2, 0.25) is 0 Å². The number of nitrogens with zero attached hydrogens (tertiary/aromatic N) is 2. The zero-order valence-corrected chi connectivity index (χ0v) is 11.1. The molecule has 0 spiro atoms. The van der Waals surface area contributed by atoms with Crippen LogP contribution in [-0.2, 0) is 6.42 Å². The average Bonchev–Trinajstić information content (AvgIpc) is 2.88. The zero-order chi connectivity index (χ0) is 13.9. The summed E-state index contributed by atoms with van der Waals surface area (Å²) in [6.07, 6.45) is 0.475. The Morgan fingerprint density at radius 1 is 1.20 bits per heavy atom. The number of oxazole rings is 1. The summed E-state index contributed by atoms with van der Waals surface area (Å²) < 4.78 is 5.67. The first-order valence-corrected chi connectivity index (χ1v) is 6.38. The predicted molar refractivity (Wildman–Crippen MR) is 77.2 cm³/mol. The molecule has 2 aromatic carbocycles. The van der Waals surface area contributed by atoms with Crippen molar-refractivity contribution in [2.24, 2.45) is 5.16 Å². The van der Waals surface area contributed by atoms with Crippen molar-refractivity contribution in [3.8, 4) is 0 Å². The lowest BCUT2D eigenvalue weighted by Gasteiger charge is -2.00. The Morgan fingerprint density at radius 2 is 2.00 bits per heavy atom. The molecule has 0 amide bonds. The van der Waals surface area contributed by atoms with Gasteiger partial charge >= 0.3 is 0 Å².